The van der Waals surface area contributed by atoms with Crippen LogP contribution in [0.1, 0.15) is 21.0 Å². The summed E-state index contributed by atoms with van der Waals surface area (Å²) in [5.41, 5.74) is 5.14. The molecule has 1 fully saturated rings. The molecule has 0 aliphatic carbocycles. The second-order valence-electron chi connectivity index (χ2n) is 4.74. The zero-order valence-corrected chi connectivity index (χ0v) is 13.0. The van der Waals surface area contributed by atoms with Crippen LogP contribution >= 0.6 is 11.3 Å². The van der Waals surface area contributed by atoms with E-state index in [9.17, 15) is 9.59 Å². The minimum absolute atomic E-state index is 0.222. The second-order valence-corrected chi connectivity index (χ2v) is 5.57. The zero-order valence-electron chi connectivity index (χ0n) is 12.2. The van der Waals surface area contributed by atoms with E-state index >= 15 is 0 Å². The van der Waals surface area contributed by atoms with Crippen molar-refractivity contribution in [1.82, 2.24) is 20.8 Å². The molecular formula is C14H15N5O3S. The number of carbonyl (C=O) groups is 2. The highest BCUT2D eigenvalue weighted by atomic mass is 32.1. The van der Waals surface area contributed by atoms with Crippen molar-refractivity contribution in [2.75, 3.05) is 31.2 Å². The van der Waals surface area contributed by atoms with Crippen molar-refractivity contribution in [1.29, 1.82) is 0 Å². The van der Waals surface area contributed by atoms with Crippen LogP contribution in [0.2, 0.25) is 0 Å². The Hall–Kier alpha value is -2.52. The molecule has 1 aliphatic heterocycles. The number of anilines is 1. The van der Waals surface area contributed by atoms with Crippen LogP contribution in [-0.2, 0) is 4.74 Å². The van der Waals surface area contributed by atoms with Gasteiger partial charge in [0, 0.05) is 24.7 Å². The van der Waals surface area contributed by atoms with Gasteiger partial charge in [0.25, 0.3) is 11.8 Å². The van der Waals surface area contributed by atoms with Crippen molar-refractivity contribution in [2.24, 2.45) is 0 Å². The van der Waals surface area contributed by atoms with Crippen molar-refractivity contribution in [3.8, 4) is 0 Å². The summed E-state index contributed by atoms with van der Waals surface area (Å²) in [5, 5.41) is 2.43. The van der Waals surface area contributed by atoms with E-state index in [0.29, 0.717) is 13.2 Å². The predicted octanol–water partition coefficient (Wildman–Crippen LogP) is 0.449. The largest absolute Gasteiger partial charge is 0.378 e. The third kappa shape index (κ3) is 3.82. The van der Waals surface area contributed by atoms with Gasteiger partial charge in [-0.1, -0.05) is 6.07 Å². The van der Waals surface area contributed by atoms with Gasteiger partial charge in [-0.15, -0.1) is 11.3 Å². The monoisotopic (exact) mass is 333 g/mol. The average molecular weight is 333 g/mol. The lowest BCUT2D eigenvalue weighted by Gasteiger charge is -2.25. The van der Waals surface area contributed by atoms with Gasteiger partial charge in [0.05, 0.1) is 13.2 Å². The molecule has 0 unspecified atom stereocenters. The Morgan fingerprint density at radius 1 is 1.13 bits per heavy atom. The van der Waals surface area contributed by atoms with E-state index in [1.165, 1.54) is 17.5 Å². The maximum absolute atomic E-state index is 12.0. The van der Waals surface area contributed by atoms with E-state index in [0.717, 1.165) is 18.2 Å². The lowest BCUT2D eigenvalue weighted by molar-refractivity contribution is 0.0841. The Bertz CT molecular complexity index is 685. The van der Waals surface area contributed by atoms with E-state index in [4.69, 9.17) is 4.74 Å². The van der Waals surface area contributed by atoms with Gasteiger partial charge in [0.15, 0.2) is 5.13 Å². The van der Waals surface area contributed by atoms with Gasteiger partial charge in [0.2, 0.25) is 0 Å². The number of hydrogen-bond acceptors (Lipinski definition) is 7. The van der Waals surface area contributed by atoms with E-state index in [1.807, 2.05) is 0 Å². The first-order chi connectivity index (χ1) is 11.2. The van der Waals surface area contributed by atoms with Crippen LogP contribution in [0.5, 0.6) is 0 Å². The minimum atomic E-state index is -0.484. The van der Waals surface area contributed by atoms with Gasteiger partial charge in [-0.2, -0.15) is 0 Å². The molecule has 2 aromatic rings. The quantitative estimate of drug-likeness (QED) is 0.792. The second kappa shape index (κ2) is 7.16. The van der Waals surface area contributed by atoms with Gasteiger partial charge in [0.1, 0.15) is 11.4 Å². The SMILES string of the molecule is O=C(NNC(=O)c1csc(N2CCOCC2)n1)c1ccccn1. The summed E-state index contributed by atoms with van der Waals surface area (Å²) >= 11 is 1.39. The highest BCUT2D eigenvalue weighted by Gasteiger charge is 2.18. The number of carbonyl (C=O) groups excluding carboxylic acids is 2. The van der Waals surface area contributed by atoms with Crippen LogP contribution in [0, 0.1) is 0 Å². The number of amides is 2. The fraction of sp³-hybridized carbons (Fsp3) is 0.286. The first-order valence-corrected chi connectivity index (χ1v) is 7.92. The molecule has 0 atom stereocenters. The molecule has 0 aromatic carbocycles. The Balaban J connectivity index is 1.56. The van der Waals surface area contributed by atoms with Crippen LogP contribution < -0.4 is 15.8 Å². The molecule has 9 heteroatoms. The van der Waals surface area contributed by atoms with Gasteiger partial charge in [-0.25, -0.2) is 4.98 Å². The predicted molar refractivity (Wildman–Crippen MR) is 84.3 cm³/mol. The Kier molecular flexibility index (Phi) is 4.79. The third-order valence-corrected chi connectivity index (χ3v) is 4.09. The van der Waals surface area contributed by atoms with Crippen molar-refractivity contribution < 1.29 is 14.3 Å². The van der Waals surface area contributed by atoms with E-state index in [-0.39, 0.29) is 11.4 Å². The summed E-state index contributed by atoms with van der Waals surface area (Å²) in [4.78, 5) is 34.1. The normalized spacial score (nSPS) is 14.3. The molecule has 2 amide bonds. The number of hydrogen-bond donors (Lipinski definition) is 2. The van der Waals surface area contributed by atoms with Crippen molar-refractivity contribution >= 4 is 28.3 Å². The highest BCUT2D eigenvalue weighted by Crippen LogP contribution is 2.21. The summed E-state index contributed by atoms with van der Waals surface area (Å²) < 4.78 is 5.28. The van der Waals surface area contributed by atoms with Crippen LogP contribution in [0.25, 0.3) is 0 Å². The molecule has 120 valence electrons. The number of hydrazine groups is 1. The van der Waals surface area contributed by atoms with Crippen molar-refractivity contribution in [2.45, 2.75) is 0 Å². The molecule has 3 heterocycles. The number of nitrogens with zero attached hydrogens (tertiary/aromatic N) is 3. The topological polar surface area (TPSA) is 96.5 Å². The number of ether oxygens (including phenoxy) is 1. The summed E-state index contributed by atoms with van der Waals surface area (Å²) in [7, 11) is 0. The van der Waals surface area contributed by atoms with Crippen molar-refractivity contribution in [3.63, 3.8) is 0 Å². The smallest absolute Gasteiger partial charge is 0.289 e. The first kappa shape index (κ1) is 15.4. The minimum Gasteiger partial charge on any atom is -0.378 e. The fourth-order valence-corrected chi connectivity index (χ4v) is 2.87. The maximum atomic E-state index is 12.0. The number of rotatable bonds is 3. The summed E-state index contributed by atoms with van der Waals surface area (Å²) in [6, 6.07) is 4.96. The van der Waals surface area contributed by atoms with Crippen LogP contribution in [0.15, 0.2) is 29.8 Å². The van der Waals surface area contributed by atoms with Gasteiger partial charge >= 0.3 is 0 Å². The standard InChI is InChI=1S/C14H15N5O3S/c20-12(10-3-1-2-4-15-10)17-18-13(21)11-9-23-14(16-11)19-5-7-22-8-6-19/h1-4,9H,5-8H2,(H,17,20)(H,18,21). The van der Waals surface area contributed by atoms with Gasteiger partial charge < -0.3 is 9.64 Å². The molecule has 23 heavy (non-hydrogen) atoms. The maximum Gasteiger partial charge on any atom is 0.289 e. The Labute approximate surface area is 136 Å². The summed E-state index contributed by atoms with van der Waals surface area (Å²) in [5.74, 6) is -0.951. The number of nitrogens with one attached hydrogen (secondary N) is 2. The van der Waals surface area contributed by atoms with E-state index in [2.05, 4.69) is 25.7 Å². The molecule has 0 radical (unpaired) electrons. The molecule has 0 spiro atoms. The summed E-state index contributed by atoms with van der Waals surface area (Å²) in [6.45, 7) is 2.82. The molecule has 2 N–H and O–H groups in total. The highest BCUT2D eigenvalue weighted by molar-refractivity contribution is 7.13. The van der Waals surface area contributed by atoms with E-state index in [1.54, 1.807) is 23.6 Å². The van der Waals surface area contributed by atoms with Crippen LogP contribution in [0.3, 0.4) is 0 Å². The molecule has 3 rings (SSSR count). The lowest BCUT2D eigenvalue weighted by Crippen LogP contribution is -2.42. The average Bonchev–Trinajstić information content (AvgIpc) is 3.11. The van der Waals surface area contributed by atoms with Crippen LogP contribution in [-0.4, -0.2) is 48.1 Å². The molecule has 8 nitrogen and oxygen atoms in total. The molecule has 0 saturated carbocycles. The van der Waals surface area contributed by atoms with Crippen molar-refractivity contribution in [3.05, 3.63) is 41.2 Å². The Morgan fingerprint density at radius 3 is 2.57 bits per heavy atom. The molecular weight excluding hydrogens is 318 g/mol. The molecule has 2 aromatic heterocycles. The number of pyridine rings is 1. The first-order valence-electron chi connectivity index (χ1n) is 7.04. The molecule has 1 aliphatic rings. The summed E-state index contributed by atoms with van der Waals surface area (Å²) in [6.07, 6.45) is 1.51. The number of thiazole rings is 1. The molecule has 0 bridgehead atoms. The van der Waals surface area contributed by atoms with Crippen LogP contribution in [0.4, 0.5) is 5.13 Å². The van der Waals surface area contributed by atoms with Gasteiger partial charge in [-0.3, -0.25) is 25.4 Å². The Morgan fingerprint density at radius 2 is 1.87 bits per heavy atom. The fourth-order valence-electron chi connectivity index (χ4n) is 2.01. The van der Waals surface area contributed by atoms with Gasteiger partial charge in [-0.05, 0) is 12.1 Å². The lowest BCUT2D eigenvalue weighted by atomic mass is 10.3. The number of morpholine rings is 1. The zero-order chi connectivity index (χ0) is 16.1. The van der Waals surface area contributed by atoms with E-state index < -0.39 is 11.8 Å². The molecule has 1 saturated heterocycles. The third-order valence-electron chi connectivity index (χ3n) is 3.19. The number of aromatic nitrogens is 2.